The summed E-state index contributed by atoms with van der Waals surface area (Å²) >= 11 is 6.19. The fourth-order valence-corrected chi connectivity index (χ4v) is 3.47. The average Bonchev–Trinajstić information content (AvgIpc) is 3.36. The number of fused-ring (bicyclic) bond motifs is 1. The smallest absolute Gasteiger partial charge is 0.338 e. The summed E-state index contributed by atoms with van der Waals surface area (Å²) in [5.41, 5.74) is 3.01. The van der Waals surface area contributed by atoms with Gasteiger partial charge in [0, 0.05) is 11.6 Å². The predicted octanol–water partition coefficient (Wildman–Crippen LogP) is 3.87. The number of nitrogens with zero attached hydrogens (tertiary/aromatic N) is 2. The van der Waals surface area contributed by atoms with E-state index in [0.29, 0.717) is 22.2 Å². The van der Waals surface area contributed by atoms with Crippen molar-refractivity contribution in [2.45, 2.75) is 20.8 Å². The summed E-state index contributed by atoms with van der Waals surface area (Å²) in [6, 6.07) is 9.57. The van der Waals surface area contributed by atoms with Crippen molar-refractivity contribution in [3.8, 4) is 17.2 Å². The SMILES string of the molecule is CC(=O)c1cc2c(cc1NC(=O)COC(=O)c1ccc(-n3nc(C)c(Cl)c3C)cc1)OCO2. The van der Waals surface area contributed by atoms with Crippen LogP contribution in [0.3, 0.4) is 0 Å². The third kappa shape index (κ3) is 4.54. The van der Waals surface area contributed by atoms with Crippen molar-refractivity contribution in [3.05, 3.63) is 63.9 Å². The van der Waals surface area contributed by atoms with Crippen molar-refractivity contribution in [3.63, 3.8) is 0 Å². The van der Waals surface area contributed by atoms with Crippen LogP contribution in [-0.4, -0.2) is 40.8 Å². The van der Waals surface area contributed by atoms with Crippen LogP contribution in [-0.2, 0) is 9.53 Å². The number of halogens is 1. The number of aryl methyl sites for hydroxylation is 1. The highest BCUT2D eigenvalue weighted by atomic mass is 35.5. The molecule has 9 nitrogen and oxygen atoms in total. The molecule has 2 heterocycles. The predicted molar refractivity (Wildman–Crippen MR) is 120 cm³/mol. The number of anilines is 1. The maximum absolute atomic E-state index is 12.4. The zero-order chi connectivity index (χ0) is 23.7. The number of Topliss-reactive ketones (excluding diaryl/α,β-unsaturated/α-hetero) is 1. The molecule has 33 heavy (non-hydrogen) atoms. The molecule has 1 aliphatic heterocycles. The molecule has 0 atom stereocenters. The van der Waals surface area contributed by atoms with Gasteiger partial charge in [-0.05, 0) is 51.1 Å². The highest BCUT2D eigenvalue weighted by molar-refractivity contribution is 6.31. The van der Waals surface area contributed by atoms with Gasteiger partial charge in [-0.25, -0.2) is 9.48 Å². The molecule has 0 radical (unpaired) electrons. The Labute approximate surface area is 194 Å². The highest BCUT2D eigenvalue weighted by Gasteiger charge is 2.21. The van der Waals surface area contributed by atoms with Crippen LogP contribution in [0.4, 0.5) is 5.69 Å². The van der Waals surface area contributed by atoms with E-state index in [4.69, 9.17) is 25.8 Å². The first-order valence-corrected chi connectivity index (χ1v) is 10.4. The molecule has 0 spiro atoms. The number of benzene rings is 2. The third-order valence-electron chi connectivity index (χ3n) is 5.05. The van der Waals surface area contributed by atoms with Crippen LogP contribution in [0.25, 0.3) is 5.69 Å². The van der Waals surface area contributed by atoms with Crippen molar-refractivity contribution in [1.29, 1.82) is 0 Å². The molecular formula is C23H20ClN3O6. The van der Waals surface area contributed by atoms with Crippen LogP contribution in [0.15, 0.2) is 36.4 Å². The summed E-state index contributed by atoms with van der Waals surface area (Å²) in [5.74, 6) is -0.684. The summed E-state index contributed by atoms with van der Waals surface area (Å²) in [4.78, 5) is 36.6. The zero-order valence-electron chi connectivity index (χ0n) is 18.1. The minimum absolute atomic E-state index is 0.0348. The number of hydrogen-bond donors (Lipinski definition) is 1. The molecule has 4 rings (SSSR count). The Morgan fingerprint density at radius 1 is 1.12 bits per heavy atom. The van der Waals surface area contributed by atoms with E-state index in [-0.39, 0.29) is 29.4 Å². The lowest BCUT2D eigenvalue weighted by molar-refractivity contribution is -0.119. The van der Waals surface area contributed by atoms with Crippen molar-refractivity contribution in [2.24, 2.45) is 0 Å². The van der Waals surface area contributed by atoms with E-state index in [9.17, 15) is 14.4 Å². The molecular weight excluding hydrogens is 450 g/mol. The highest BCUT2D eigenvalue weighted by Crippen LogP contribution is 2.37. The maximum atomic E-state index is 12.4. The summed E-state index contributed by atoms with van der Waals surface area (Å²) < 4.78 is 17.3. The van der Waals surface area contributed by atoms with Gasteiger partial charge in [0.2, 0.25) is 6.79 Å². The molecule has 1 aromatic heterocycles. The van der Waals surface area contributed by atoms with E-state index < -0.39 is 18.5 Å². The lowest BCUT2D eigenvalue weighted by Gasteiger charge is -2.11. The summed E-state index contributed by atoms with van der Waals surface area (Å²) in [7, 11) is 0. The van der Waals surface area contributed by atoms with Crippen LogP contribution >= 0.6 is 11.6 Å². The van der Waals surface area contributed by atoms with E-state index >= 15 is 0 Å². The van der Waals surface area contributed by atoms with E-state index in [1.54, 1.807) is 28.9 Å². The maximum Gasteiger partial charge on any atom is 0.338 e. The standard InChI is InChI=1S/C23H20ClN3O6/c1-12-22(24)13(2)27(26-12)16-6-4-15(5-7-16)23(30)31-10-21(29)25-18-9-20-19(32-11-33-20)8-17(18)14(3)28/h4-9H,10-11H2,1-3H3,(H,25,29). The molecule has 0 bridgehead atoms. The third-order valence-corrected chi connectivity index (χ3v) is 5.60. The number of hydrogen-bond acceptors (Lipinski definition) is 7. The van der Waals surface area contributed by atoms with Gasteiger partial charge in [0.25, 0.3) is 5.91 Å². The van der Waals surface area contributed by atoms with Gasteiger partial charge in [-0.15, -0.1) is 0 Å². The Hall–Kier alpha value is -3.85. The van der Waals surface area contributed by atoms with Crippen LogP contribution in [0.1, 0.15) is 39.0 Å². The molecule has 2 aromatic carbocycles. The molecule has 0 fully saturated rings. The molecule has 170 valence electrons. The molecule has 0 unspecified atom stereocenters. The Bertz CT molecular complexity index is 1270. The zero-order valence-corrected chi connectivity index (χ0v) is 18.9. The molecule has 10 heteroatoms. The molecule has 0 aliphatic carbocycles. The van der Waals surface area contributed by atoms with Gasteiger partial charge in [0.1, 0.15) is 0 Å². The second-order valence-electron chi connectivity index (χ2n) is 7.38. The fourth-order valence-electron chi connectivity index (χ4n) is 3.35. The molecule has 1 N–H and O–H groups in total. The lowest BCUT2D eigenvalue weighted by Crippen LogP contribution is -2.22. The van der Waals surface area contributed by atoms with Gasteiger partial charge in [0.05, 0.1) is 33.3 Å². The summed E-state index contributed by atoms with van der Waals surface area (Å²) in [6.45, 7) is 4.54. The van der Waals surface area contributed by atoms with E-state index in [0.717, 1.165) is 11.4 Å². The normalized spacial score (nSPS) is 11.9. The van der Waals surface area contributed by atoms with Crippen LogP contribution in [0.5, 0.6) is 11.5 Å². The molecule has 0 saturated carbocycles. The van der Waals surface area contributed by atoms with Crippen molar-refractivity contribution in [1.82, 2.24) is 9.78 Å². The number of esters is 1. The van der Waals surface area contributed by atoms with Gasteiger partial charge in [-0.2, -0.15) is 5.10 Å². The van der Waals surface area contributed by atoms with E-state index in [2.05, 4.69) is 10.4 Å². The Morgan fingerprint density at radius 2 is 1.79 bits per heavy atom. The van der Waals surface area contributed by atoms with Crippen molar-refractivity contribution in [2.75, 3.05) is 18.7 Å². The minimum atomic E-state index is -0.666. The van der Waals surface area contributed by atoms with Crippen molar-refractivity contribution < 1.29 is 28.6 Å². The lowest BCUT2D eigenvalue weighted by atomic mass is 10.1. The fraction of sp³-hybridized carbons (Fsp3) is 0.217. The van der Waals surface area contributed by atoms with Gasteiger partial charge >= 0.3 is 5.97 Å². The summed E-state index contributed by atoms with van der Waals surface area (Å²) in [5, 5.41) is 7.53. The number of nitrogens with one attached hydrogen (secondary N) is 1. The molecule has 1 aliphatic rings. The number of rotatable bonds is 6. The van der Waals surface area contributed by atoms with Gasteiger partial charge in [-0.3, -0.25) is 9.59 Å². The largest absolute Gasteiger partial charge is 0.454 e. The van der Waals surface area contributed by atoms with Crippen LogP contribution < -0.4 is 14.8 Å². The minimum Gasteiger partial charge on any atom is -0.454 e. The molecule has 0 saturated heterocycles. The Balaban J connectivity index is 1.39. The molecule has 3 aromatic rings. The number of ketones is 1. The quantitative estimate of drug-likeness (QED) is 0.431. The number of ether oxygens (including phenoxy) is 3. The van der Waals surface area contributed by atoms with Gasteiger partial charge in [-0.1, -0.05) is 11.6 Å². The Morgan fingerprint density at radius 3 is 2.39 bits per heavy atom. The van der Waals surface area contributed by atoms with Gasteiger partial charge in [0.15, 0.2) is 23.9 Å². The average molecular weight is 470 g/mol. The van der Waals surface area contributed by atoms with Gasteiger partial charge < -0.3 is 19.5 Å². The number of aromatic nitrogens is 2. The number of amides is 1. The van der Waals surface area contributed by atoms with Crippen LogP contribution in [0, 0.1) is 13.8 Å². The Kier molecular flexibility index (Phi) is 6.06. The first-order valence-electron chi connectivity index (χ1n) is 9.98. The second-order valence-corrected chi connectivity index (χ2v) is 7.75. The van der Waals surface area contributed by atoms with E-state index in [1.807, 2.05) is 13.8 Å². The topological polar surface area (TPSA) is 109 Å². The first-order chi connectivity index (χ1) is 15.7. The first kappa shape index (κ1) is 22.3. The second kappa shape index (κ2) is 8.95. The monoisotopic (exact) mass is 469 g/mol. The summed E-state index contributed by atoms with van der Waals surface area (Å²) in [6.07, 6.45) is 0. The van der Waals surface area contributed by atoms with E-state index in [1.165, 1.54) is 19.1 Å². The number of carbonyl (C=O) groups is 3. The molecule has 1 amide bonds. The number of carbonyl (C=O) groups excluding carboxylic acids is 3. The van der Waals surface area contributed by atoms with Crippen molar-refractivity contribution >= 4 is 34.9 Å². The van der Waals surface area contributed by atoms with Crippen LogP contribution in [0.2, 0.25) is 5.02 Å².